The van der Waals surface area contributed by atoms with Gasteiger partial charge in [0, 0.05) is 38.5 Å². The molecule has 2 N–H and O–H groups in total. The number of amides is 1. The molecule has 0 saturated carbocycles. The van der Waals surface area contributed by atoms with Crippen molar-refractivity contribution in [2.75, 3.05) is 32.8 Å². The summed E-state index contributed by atoms with van der Waals surface area (Å²) < 4.78 is 5.25. The van der Waals surface area contributed by atoms with Gasteiger partial charge in [-0.15, -0.1) is 0 Å². The van der Waals surface area contributed by atoms with Crippen LogP contribution in [0.25, 0.3) is 0 Å². The maximum absolute atomic E-state index is 11.5. The summed E-state index contributed by atoms with van der Waals surface area (Å²) in [5, 5.41) is 11.4. The molecule has 18 heavy (non-hydrogen) atoms. The van der Waals surface area contributed by atoms with E-state index >= 15 is 0 Å². The first-order valence-corrected chi connectivity index (χ1v) is 6.39. The monoisotopic (exact) mass is 258 g/mol. The van der Waals surface area contributed by atoms with Crippen LogP contribution in [0.4, 0.5) is 0 Å². The summed E-state index contributed by atoms with van der Waals surface area (Å²) in [6.07, 6.45) is 0.719. The Balaban J connectivity index is 2.12. The van der Waals surface area contributed by atoms with Crippen LogP contribution in [0, 0.1) is 0 Å². The zero-order valence-corrected chi connectivity index (χ0v) is 10.9. The number of rotatable bonds is 7. The third-order valence-corrected chi connectivity index (χ3v) is 2.84. The highest BCUT2D eigenvalue weighted by Gasteiger charge is 2.15. The van der Waals surface area contributed by atoms with Crippen molar-refractivity contribution in [3.8, 4) is 0 Å². The van der Waals surface area contributed by atoms with Crippen LogP contribution in [-0.2, 0) is 14.3 Å². The minimum Gasteiger partial charge on any atom is -0.481 e. The molecular formula is C12H22N2O4. The second-order valence-electron chi connectivity index (χ2n) is 4.63. The van der Waals surface area contributed by atoms with E-state index in [1.807, 2.05) is 6.92 Å². The molecule has 1 aliphatic heterocycles. The summed E-state index contributed by atoms with van der Waals surface area (Å²) in [4.78, 5) is 24.1. The van der Waals surface area contributed by atoms with Crippen LogP contribution in [0.15, 0.2) is 0 Å². The Morgan fingerprint density at radius 3 is 2.61 bits per heavy atom. The van der Waals surface area contributed by atoms with Gasteiger partial charge in [0.15, 0.2) is 0 Å². The fraction of sp³-hybridized carbons (Fsp3) is 0.833. The van der Waals surface area contributed by atoms with E-state index < -0.39 is 5.97 Å². The van der Waals surface area contributed by atoms with Gasteiger partial charge in [-0.25, -0.2) is 0 Å². The summed E-state index contributed by atoms with van der Waals surface area (Å²) >= 11 is 0. The number of carbonyl (C=O) groups is 2. The lowest BCUT2D eigenvalue weighted by Crippen LogP contribution is -2.45. The van der Waals surface area contributed by atoms with Gasteiger partial charge in [-0.3, -0.25) is 14.5 Å². The van der Waals surface area contributed by atoms with Crippen LogP contribution in [0.5, 0.6) is 0 Å². The van der Waals surface area contributed by atoms with Crippen LogP contribution in [-0.4, -0.2) is 60.8 Å². The summed E-state index contributed by atoms with van der Waals surface area (Å²) in [6.45, 7) is 6.08. The van der Waals surface area contributed by atoms with Gasteiger partial charge in [0.05, 0.1) is 13.2 Å². The van der Waals surface area contributed by atoms with E-state index in [0.717, 1.165) is 32.8 Å². The normalized spacial score (nSPS) is 18.3. The molecule has 1 heterocycles. The molecule has 0 aromatic heterocycles. The van der Waals surface area contributed by atoms with E-state index in [1.54, 1.807) is 0 Å². The molecule has 1 rings (SSSR count). The maximum Gasteiger partial charge on any atom is 0.303 e. The largest absolute Gasteiger partial charge is 0.481 e. The molecule has 1 atom stereocenters. The smallest absolute Gasteiger partial charge is 0.303 e. The number of carboxylic acid groups (broad SMARTS) is 1. The summed E-state index contributed by atoms with van der Waals surface area (Å²) in [5.41, 5.74) is 0. The number of hydrogen-bond acceptors (Lipinski definition) is 4. The predicted octanol–water partition coefficient (Wildman–Crippen LogP) is 0.0782. The Morgan fingerprint density at radius 1 is 1.33 bits per heavy atom. The average molecular weight is 258 g/mol. The zero-order valence-electron chi connectivity index (χ0n) is 10.9. The van der Waals surface area contributed by atoms with Crippen molar-refractivity contribution in [3.05, 3.63) is 0 Å². The van der Waals surface area contributed by atoms with Crippen molar-refractivity contribution in [3.63, 3.8) is 0 Å². The van der Waals surface area contributed by atoms with Crippen molar-refractivity contribution in [2.45, 2.75) is 32.2 Å². The van der Waals surface area contributed by atoms with E-state index in [1.165, 1.54) is 0 Å². The molecule has 0 spiro atoms. The van der Waals surface area contributed by atoms with Gasteiger partial charge in [-0.2, -0.15) is 0 Å². The predicted molar refractivity (Wildman–Crippen MR) is 66.4 cm³/mol. The fourth-order valence-electron chi connectivity index (χ4n) is 1.96. The van der Waals surface area contributed by atoms with E-state index in [2.05, 4.69) is 10.2 Å². The number of carbonyl (C=O) groups excluding carboxylic acids is 1. The quantitative estimate of drug-likeness (QED) is 0.676. The minimum absolute atomic E-state index is 0.0469. The first kappa shape index (κ1) is 14.9. The Hall–Kier alpha value is -1.14. The standard InChI is InChI=1S/C12H22N2O4/c1-10(9-14-5-7-18-8-6-14)13-11(15)3-2-4-12(16)17/h10H,2-9H2,1H3,(H,13,15)(H,16,17). The van der Waals surface area contributed by atoms with Crippen molar-refractivity contribution < 1.29 is 19.4 Å². The minimum atomic E-state index is -0.857. The molecule has 0 aliphatic carbocycles. The second-order valence-corrected chi connectivity index (χ2v) is 4.63. The molecule has 0 radical (unpaired) electrons. The van der Waals surface area contributed by atoms with Crippen LogP contribution in [0.3, 0.4) is 0 Å². The van der Waals surface area contributed by atoms with Crippen LogP contribution >= 0.6 is 0 Å². The van der Waals surface area contributed by atoms with Gasteiger partial charge in [-0.1, -0.05) is 0 Å². The number of hydrogen-bond donors (Lipinski definition) is 2. The number of carboxylic acids is 1. The van der Waals surface area contributed by atoms with Gasteiger partial charge >= 0.3 is 5.97 Å². The highest BCUT2D eigenvalue weighted by molar-refractivity contribution is 5.77. The van der Waals surface area contributed by atoms with Gasteiger partial charge in [0.1, 0.15) is 0 Å². The molecule has 6 heteroatoms. The second kappa shape index (κ2) is 8.05. The number of aliphatic carboxylic acids is 1. The SMILES string of the molecule is CC(CN1CCOCC1)NC(=O)CCCC(=O)O. The Labute approximate surface area is 107 Å². The average Bonchev–Trinajstić information content (AvgIpc) is 2.29. The highest BCUT2D eigenvalue weighted by atomic mass is 16.5. The van der Waals surface area contributed by atoms with Crippen molar-refractivity contribution in [1.29, 1.82) is 0 Å². The number of nitrogens with one attached hydrogen (secondary N) is 1. The third kappa shape index (κ3) is 6.56. The molecule has 1 aliphatic rings. The molecule has 1 saturated heterocycles. The van der Waals surface area contributed by atoms with E-state index in [4.69, 9.17) is 9.84 Å². The number of nitrogens with zero attached hydrogens (tertiary/aromatic N) is 1. The molecule has 1 unspecified atom stereocenters. The zero-order chi connectivity index (χ0) is 13.4. The lowest BCUT2D eigenvalue weighted by atomic mass is 10.2. The van der Waals surface area contributed by atoms with E-state index in [9.17, 15) is 9.59 Å². The van der Waals surface area contributed by atoms with Crippen molar-refractivity contribution in [2.24, 2.45) is 0 Å². The van der Waals surface area contributed by atoms with Gasteiger partial charge in [0.2, 0.25) is 5.91 Å². The molecule has 0 aromatic rings. The summed E-state index contributed by atoms with van der Waals surface area (Å²) in [6, 6.07) is 0.0837. The molecule has 0 aromatic carbocycles. The van der Waals surface area contributed by atoms with Crippen LogP contribution in [0.1, 0.15) is 26.2 Å². The third-order valence-electron chi connectivity index (χ3n) is 2.84. The van der Waals surface area contributed by atoms with Gasteiger partial charge in [0.25, 0.3) is 0 Å². The van der Waals surface area contributed by atoms with Crippen LogP contribution in [0.2, 0.25) is 0 Å². The fourth-order valence-corrected chi connectivity index (χ4v) is 1.96. The van der Waals surface area contributed by atoms with E-state index in [-0.39, 0.29) is 24.8 Å². The Morgan fingerprint density at radius 2 is 2.00 bits per heavy atom. The molecule has 0 bridgehead atoms. The first-order valence-electron chi connectivity index (χ1n) is 6.39. The maximum atomic E-state index is 11.5. The number of morpholine rings is 1. The van der Waals surface area contributed by atoms with Crippen LogP contribution < -0.4 is 5.32 Å². The Bertz CT molecular complexity index is 277. The van der Waals surface area contributed by atoms with Crippen molar-refractivity contribution >= 4 is 11.9 Å². The highest BCUT2D eigenvalue weighted by Crippen LogP contribution is 2.00. The lowest BCUT2D eigenvalue weighted by Gasteiger charge is -2.29. The summed E-state index contributed by atoms with van der Waals surface area (Å²) in [7, 11) is 0. The molecule has 6 nitrogen and oxygen atoms in total. The number of ether oxygens (including phenoxy) is 1. The van der Waals surface area contributed by atoms with Gasteiger partial charge < -0.3 is 15.2 Å². The molecule has 1 amide bonds. The molecule has 1 fully saturated rings. The van der Waals surface area contributed by atoms with E-state index in [0.29, 0.717) is 6.42 Å². The first-order chi connectivity index (χ1) is 8.58. The summed E-state index contributed by atoms with van der Waals surface area (Å²) in [5.74, 6) is -0.929. The van der Waals surface area contributed by atoms with Gasteiger partial charge in [-0.05, 0) is 13.3 Å². The topological polar surface area (TPSA) is 78.9 Å². The Kier molecular flexibility index (Phi) is 6.67. The van der Waals surface area contributed by atoms with Crippen molar-refractivity contribution in [1.82, 2.24) is 10.2 Å². The molecular weight excluding hydrogens is 236 g/mol. The lowest BCUT2D eigenvalue weighted by molar-refractivity contribution is -0.137. The molecule has 104 valence electrons.